The fourth-order valence-corrected chi connectivity index (χ4v) is 3.22. The summed E-state index contributed by atoms with van der Waals surface area (Å²) in [5.41, 5.74) is 2.96. The zero-order chi connectivity index (χ0) is 13.0. The minimum absolute atomic E-state index is 0.458. The van der Waals surface area contributed by atoms with E-state index in [0.717, 1.165) is 20.8 Å². The molecular weight excluding hydrogens is 286 g/mol. The van der Waals surface area contributed by atoms with E-state index in [-0.39, 0.29) is 0 Å². The van der Waals surface area contributed by atoms with Crippen molar-refractivity contribution in [2.75, 3.05) is 0 Å². The Morgan fingerprint density at radius 1 is 1.44 bits per heavy atom. The van der Waals surface area contributed by atoms with Crippen LogP contribution in [-0.2, 0) is 6.54 Å². The number of hydrogen-bond acceptors (Lipinski definition) is 5. The summed E-state index contributed by atoms with van der Waals surface area (Å²) in [7, 11) is 0. The van der Waals surface area contributed by atoms with E-state index in [9.17, 15) is 0 Å². The largest absolute Gasteiger partial charge is 0.310 e. The van der Waals surface area contributed by atoms with Crippen LogP contribution in [0.1, 0.15) is 19.4 Å². The second kappa shape index (κ2) is 6.52. The molecule has 0 aliphatic heterocycles. The number of halogens is 1. The second-order valence-electron chi connectivity index (χ2n) is 4.09. The van der Waals surface area contributed by atoms with Crippen LogP contribution in [0.3, 0.4) is 0 Å². The van der Waals surface area contributed by atoms with Gasteiger partial charge in [-0.3, -0.25) is 0 Å². The lowest BCUT2D eigenvalue weighted by molar-refractivity contribution is 0.585. The molecule has 1 aromatic carbocycles. The monoisotopic (exact) mass is 299 g/mol. The number of nitrogens with zero attached hydrogens (tertiary/aromatic N) is 2. The predicted molar refractivity (Wildman–Crippen MR) is 77.5 cm³/mol. The fourth-order valence-electron chi connectivity index (χ4n) is 1.38. The van der Waals surface area contributed by atoms with Gasteiger partial charge in [0.15, 0.2) is 4.34 Å². The fraction of sp³-hybridized carbons (Fsp3) is 0.333. The SMILES string of the molecule is CC(C)NCc1ccc(Cl)cc1Sc1nncs1. The lowest BCUT2D eigenvalue weighted by atomic mass is 10.2. The second-order valence-corrected chi connectivity index (χ2v) is 6.65. The number of hydrogen-bond donors (Lipinski definition) is 1. The highest BCUT2D eigenvalue weighted by molar-refractivity contribution is 8.01. The first-order valence-electron chi connectivity index (χ1n) is 5.61. The summed E-state index contributed by atoms with van der Waals surface area (Å²) in [5.74, 6) is 0. The maximum Gasteiger partial charge on any atom is 0.178 e. The summed E-state index contributed by atoms with van der Waals surface area (Å²) in [4.78, 5) is 1.13. The van der Waals surface area contributed by atoms with Crippen LogP contribution in [0.4, 0.5) is 0 Å². The van der Waals surface area contributed by atoms with Crippen molar-refractivity contribution in [3.05, 3.63) is 34.3 Å². The Hall–Kier alpha value is -0.620. The summed E-state index contributed by atoms with van der Waals surface area (Å²) in [6.07, 6.45) is 0. The standard InChI is InChI=1S/C12H14ClN3S2/c1-8(2)14-6-9-3-4-10(13)5-11(9)18-12-16-15-7-17-12/h3-5,7-8,14H,6H2,1-2H3. The molecule has 0 radical (unpaired) electrons. The van der Waals surface area contributed by atoms with Crippen LogP contribution in [0.15, 0.2) is 32.9 Å². The molecule has 0 aliphatic carbocycles. The quantitative estimate of drug-likeness (QED) is 0.910. The molecule has 1 aromatic heterocycles. The summed E-state index contributed by atoms with van der Waals surface area (Å²) >= 11 is 9.19. The van der Waals surface area contributed by atoms with Crippen molar-refractivity contribution in [1.82, 2.24) is 15.5 Å². The minimum Gasteiger partial charge on any atom is -0.310 e. The molecule has 0 aliphatic rings. The third kappa shape index (κ3) is 3.95. The molecule has 0 unspecified atom stereocenters. The van der Waals surface area contributed by atoms with Gasteiger partial charge in [-0.25, -0.2) is 0 Å². The van der Waals surface area contributed by atoms with Gasteiger partial charge in [0.25, 0.3) is 0 Å². The van der Waals surface area contributed by atoms with Gasteiger partial charge in [-0.1, -0.05) is 54.6 Å². The van der Waals surface area contributed by atoms with Crippen molar-refractivity contribution in [1.29, 1.82) is 0 Å². The van der Waals surface area contributed by atoms with Crippen LogP contribution in [-0.4, -0.2) is 16.2 Å². The van der Waals surface area contributed by atoms with Gasteiger partial charge < -0.3 is 5.32 Å². The van der Waals surface area contributed by atoms with E-state index in [1.807, 2.05) is 12.1 Å². The maximum absolute atomic E-state index is 6.05. The molecule has 0 atom stereocenters. The van der Waals surface area contributed by atoms with Gasteiger partial charge in [0.2, 0.25) is 0 Å². The van der Waals surface area contributed by atoms with Crippen molar-refractivity contribution >= 4 is 34.7 Å². The van der Waals surface area contributed by atoms with Crippen LogP contribution >= 0.6 is 34.7 Å². The zero-order valence-electron chi connectivity index (χ0n) is 10.2. The molecule has 2 rings (SSSR count). The van der Waals surface area contributed by atoms with E-state index in [1.165, 1.54) is 16.9 Å². The van der Waals surface area contributed by atoms with Crippen molar-refractivity contribution in [3.8, 4) is 0 Å². The summed E-state index contributed by atoms with van der Waals surface area (Å²) in [5, 5.41) is 12.0. The van der Waals surface area contributed by atoms with Crippen LogP contribution < -0.4 is 5.32 Å². The molecule has 0 amide bonds. The molecule has 0 bridgehead atoms. The molecule has 1 heterocycles. The average Bonchev–Trinajstić information content (AvgIpc) is 2.80. The molecule has 0 saturated carbocycles. The molecule has 3 nitrogen and oxygen atoms in total. The molecule has 1 N–H and O–H groups in total. The Morgan fingerprint density at radius 2 is 2.28 bits per heavy atom. The molecular formula is C12H14ClN3S2. The maximum atomic E-state index is 6.05. The van der Waals surface area contributed by atoms with Gasteiger partial charge in [-0.2, -0.15) is 0 Å². The van der Waals surface area contributed by atoms with Crippen LogP contribution in [0.25, 0.3) is 0 Å². The van der Waals surface area contributed by atoms with Crippen molar-refractivity contribution in [3.63, 3.8) is 0 Å². The van der Waals surface area contributed by atoms with E-state index in [4.69, 9.17) is 11.6 Å². The average molecular weight is 300 g/mol. The van der Waals surface area contributed by atoms with Gasteiger partial charge in [0, 0.05) is 22.5 Å². The first-order chi connectivity index (χ1) is 8.65. The van der Waals surface area contributed by atoms with Gasteiger partial charge >= 0.3 is 0 Å². The Kier molecular flexibility index (Phi) is 5.00. The third-order valence-corrected chi connectivity index (χ3v) is 4.38. The van der Waals surface area contributed by atoms with Crippen LogP contribution in [0, 0.1) is 0 Å². The van der Waals surface area contributed by atoms with E-state index in [2.05, 4.69) is 35.4 Å². The van der Waals surface area contributed by atoms with Gasteiger partial charge in [0.1, 0.15) is 5.51 Å². The highest BCUT2D eigenvalue weighted by Crippen LogP contribution is 2.33. The minimum atomic E-state index is 0.458. The molecule has 2 aromatic rings. The van der Waals surface area contributed by atoms with E-state index in [1.54, 1.807) is 17.3 Å². The van der Waals surface area contributed by atoms with Crippen molar-refractivity contribution < 1.29 is 0 Å². The molecule has 18 heavy (non-hydrogen) atoms. The summed E-state index contributed by atoms with van der Waals surface area (Å²) in [6, 6.07) is 6.41. The lowest BCUT2D eigenvalue weighted by Crippen LogP contribution is -2.22. The van der Waals surface area contributed by atoms with E-state index in [0.29, 0.717) is 6.04 Å². The van der Waals surface area contributed by atoms with E-state index >= 15 is 0 Å². The Morgan fingerprint density at radius 3 is 2.94 bits per heavy atom. The van der Waals surface area contributed by atoms with Crippen LogP contribution in [0.2, 0.25) is 5.02 Å². The number of aromatic nitrogens is 2. The lowest BCUT2D eigenvalue weighted by Gasteiger charge is -2.11. The topological polar surface area (TPSA) is 37.8 Å². The third-order valence-electron chi connectivity index (χ3n) is 2.27. The van der Waals surface area contributed by atoms with Crippen LogP contribution in [0.5, 0.6) is 0 Å². The highest BCUT2D eigenvalue weighted by atomic mass is 35.5. The Labute approximate surface area is 120 Å². The van der Waals surface area contributed by atoms with Gasteiger partial charge in [-0.05, 0) is 17.7 Å². The highest BCUT2D eigenvalue weighted by Gasteiger charge is 2.08. The predicted octanol–water partition coefficient (Wildman–Crippen LogP) is 3.84. The molecule has 0 spiro atoms. The molecule has 6 heteroatoms. The smallest absolute Gasteiger partial charge is 0.178 e. The summed E-state index contributed by atoms with van der Waals surface area (Å²) < 4.78 is 0.933. The van der Waals surface area contributed by atoms with Gasteiger partial charge in [-0.15, -0.1) is 10.2 Å². The number of rotatable bonds is 5. The number of nitrogens with one attached hydrogen (secondary N) is 1. The van der Waals surface area contributed by atoms with E-state index < -0.39 is 0 Å². The van der Waals surface area contributed by atoms with Gasteiger partial charge in [0.05, 0.1) is 0 Å². The molecule has 96 valence electrons. The van der Waals surface area contributed by atoms with Crippen molar-refractivity contribution in [2.45, 2.75) is 35.7 Å². The van der Waals surface area contributed by atoms with Crippen molar-refractivity contribution in [2.24, 2.45) is 0 Å². The first kappa shape index (κ1) is 13.8. The Balaban J connectivity index is 2.17. The molecule has 0 saturated heterocycles. The molecule has 0 fully saturated rings. The zero-order valence-corrected chi connectivity index (χ0v) is 12.6. The Bertz CT molecular complexity index is 500. The normalized spacial score (nSPS) is 11.1. The first-order valence-corrected chi connectivity index (χ1v) is 7.68. The summed E-state index contributed by atoms with van der Waals surface area (Å²) in [6.45, 7) is 5.09. The number of benzene rings is 1.